The molecule has 0 radical (unpaired) electrons. The predicted octanol–water partition coefficient (Wildman–Crippen LogP) is 4.86. The summed E-state index contributed by atoms with van der Waals surface area (Å²) in [5, 5.41) is 0. The molecule has 0 bridgehead atoms. The average Bonchev–Trinajstić information content (AvgIpc) is 2.26. The van der Waals surface area contributed by atoms with Crippen LogP contribution in [0.5, 0.6) is 0 Å². The summed E-state index contributed by atoms with van der Waals surface area (Å²) in [5.41, 5.74) is 0.398. The number of halogens is 3. The third kappa shape index (κ3) is 3.00. The summed E-state index contributed by atoms with van der Waals surface area (Å²) in [6.45, 7) is 6.25. The van der Waals surface area contributed by atoms with Crippen LogP contribution in [-0.2, 0) is 6.18 Å². The molecule has 90 valence electrons. The Balaban J connectivity index is 2.87. The van der Waals surface area contributed by atoms with Crippen molar-refractivity contribution in [2.45, 2.75) is 39.3 Å². The van der Waals surface area contributed by atoms with Crippen molar-refractivity contribution in [1.82, 2.24) is 0 Å². The molecule has 0 unspecified atom stereocenters. The molecule has 3 heteroatoms. The minimum atomic E-state index is -4.24. The van der Waals surface area contributed by atoms with Crippen LogP contribution in [0.4, 0.5) is 13.2 Å². The molecule has 1 rings (SSSR count). The van der Waals surface area contributed by atoms with Gasteiger partial charge in [-0.25, -0.2) is 0 Å². The van der Waals surface area contributed by atoms with Gasteiger partial charge in [0, 0.05) is 0 Å². The highest BCUT2D eigenvalue weighted by Crippen LogP contribution is 2.32. The average molecular weight is 230 g/mol. The molecule has 0 aliphatic carbocycles. The van der Waals surface area contributed by atoms with E-state index in [-0.39, 0.29) is 0 Å². The molecule has 0 saturated heterocycles. The molecule has 0 heterocycles. The SMILES string of the molecule is CC[C@H](C)[C@H](C)c1ccc(C(F)(F)F)cc1. The van der Waals surface area contributed by atoms with Gasteiger partial charge in [0.05, 0.1) is 5.56 Å². The van der Waals surface area contributed by atoms with Gasteiger partial charge >= 0.3 is 6.18 Å². The van der Waals surface area contributed by atoms with Crippen LogP contribution in [0.15, 0.2) is 24.3 Å². The lowest BCUT2D eigenvalue weighted by Gasteiger charge is -2.19. The van der Waals surface area contributed by atoms with E-state index in [0.717, 1.165) is 24.1 Å². The lowest BCUT2D eigenvalue weighted by molar-refractivity contribution is -0.137. The van der Waals surface area contributed by atoms with Crippen LogP contribution in [0.25, 0.3) is 0 Å². The first-order valence-corrected chi connectivity index (χ1v) is 5.53. The minimum absolute atomic E-state index is 0.298. The van der Waals surface area contributed by atoms with Crippen molar-refractivity contribution in [2.24, 2.45) is 5.92 Å². The molecule has 0 fully saturated rings. The molecule has 0 nitrogen and oxygen atoms in total. The van der Waals surface area contributed by atoms with Crippen molar-refractivity contribution in [3.8, 4) is 0 Å². The Bertz CT molecular complexity index is 324. The Morgan fingerprint density at radius 1 is 1.06 bits per heavy atom. The maximum absolute atomic E-state index is 12.3. The van der Waals surface area contributed by atoms with Crippen molar-refractivity contribution >= 4 is 0 Å². The Labute approximate surface area is 94.5 Å². The van der Waals surface area contributed by atoms with Gasteiger partial charge in [0.2, 0.25) is 0 Å². The van der Waals surface area contributed by atoms with Gasteiger partial charge in [-0.05, 0) is 29.5 Å². The van der Waals surface area contributed by atoms with Crippen LogP contribution >= 0.6 is 0 Å². The summed E-state index contributed by atoms with van der Waals surface area (Å²) in [6.07, 6.45) is -3.21. The Morgan fingerprint density at radius 3 is 1.94 bits per heavy atom. The van der Waals surface area contributed by atoms with Crippen LogP contribution in [0.2, 0.25) is 0 Å². The Morgan fingerprint density at radius 2 is 1.56 bits per heavy atom. The highest BCUT2D eigenvalue weighted by atomic mass is 19.4. The number of rotatable bonds is 3. The van der Waals surface area contributed by atoms with E-state index in [1.54, 1.807) is 12.1 Å². The van der Waals surface area contributed by atoms with E-state index in [2.05, 4.69) is 20.8 Å². The van der Waals surface area contributed by atoms with Crippen LogP contribution in [0.1, 0.15) is 44.2 Å². The summed E-state index contributed by atoms with van der Waals surface area (Å²) < 4.78 is 37.0. The standard InChI is InChI=1S/C13H17F3/c1-4-9(2)10(3)11-5-7-12(8-6-11)13(14,15)16/h5-10H,4H2,1-3H3/t9-,10-/m0/s1. The summed E-state index contributed by atoms with van der Waals surface area (Å²) in [4.78, 5) is 0. The van der Waals surface area contributed by atoms with Crippen molar-refractivity contribution in [3.63, 3.8) is 0 Å². The fourth-order valence-electron chi connectivity index (χ4n) is 1.66. The van der Waals surface area contributed by atoms with Crippen LogP contribution in [0.3, 0.4) is 0 Å². The van der Waals surface area contributed by atoms with Crippen LogP contribution in [-0.4, -0.2) is 0 Å². The van der Waals surface area contributed by atoms with Gasteiger partial charge in [0.1, 0.15) is 0 Å². The third-order valence-electron chi connectivity index (χ3n) is 3.26. The highest BCUT2D eigenvalue weighted by Gasteiger charge is 2.30. The highest BCUT2D eigenvalue weighted by molar-refractivity contribution is 5.27. The molecule has 1 aromatic carbocycles. The summed E-state index contributed by atoms with van der Waals surface area (Å²) in [5.74, 6) is 0.782. The monoisotopic (exact) mass is 230 g/mol. The van der Waals surface area contributed by atoms with E-state index in [0.29, 0.717) is 11.8 Å². The molecule has 2 atom stereocenters. The molecular weight excluding hydrogens is 213 g/mol. The van der Waals surface area contributed by atoms with E-state index < -0.39 is 11.7 Å². The van der Waals surface area contributed by atoms with Crippen LogP contribution < -0.4 is 0 Å². The van der Waals surface area contributed by atoms with E-state index >= 15 is 0 Å². The van der Waals surface area contributed by atoms with Crippen molar-refractivity contribution in [3.05, 3.63) is 35.4 Å². The van der Waals surface area contributed by atoms with Gasteiger partial charge in [-0.15, -0.1) is 0 Å². The van der Waals surface area contributed by atoms with Gasteiger partial charge in [0.25, 0.3) is 0 Å². The maximum atomic E-state index is 12.3. The second-order valence-electron chi connectivity index (χ2n) is 4.29. The van der Waals surface area contributed by atoms with Gasteiger partial charge in [0.15, 0.2) is 0 Å². The number of hydrogen-bond donors (Lipinski definition) is 0. The molecule has 0 aliphatic heterocycles. The molecule has 0 N–H and O–H groups in total. The van der Waals surface area contributed by atoms with E-state index in [9.17, 15) is 13.2 Å². The molecule has 0 saturated carbocycles. The minimum Gasteiger partial charge on any atom is -0.166 e. The van der Waals surface area contributed by atoms with Gasteiger partial charge < -0.3 is 0 Å². The quantitative estimate of drug-likeness (QED) is 0.696. The summed E-state index contributed by atoms with van der Waals surface area (Å²) in [7, 11) is 0. The molecule has 16 heavy (non-hydrogen) atoms. The third-order valence-corrected chi connectivity index (χ3v) is 3.26. The second-order valence-corrected chi connectivity index (χ2v) is 4.29. The molecule has 1 aromatic rings. The fourth-order valence-corrected chi connectivity index (χ4v) is 1.66. The summed E-state index contributed by atoms with van der Waals surface area (Å²) in [6, 6.07) is 5.49. The first kappa shape index (κ1) is 13.1. The largest absolute Gasteiger partial charge is 0.416 e. The molecular formula is C13H17F3. The first-order valence-electron chi connectivity index (χ1n) is 5.53. The van der Waals surface area contributed by atoms with Gasteiger partial charge in [-0.2, -0.15) is 13.2 Å². The maximum Gasteiger partial charge on any atom is 0.416 e. The normalized spacial score (nSPS) is 15.9. The molecule has 0 aromatic heterocycles. The van der Waals surface area contributed by atoms with E-state index in [1.165, 1.54) is 0 Å². The van der Waals surface area contributed by atoms with Gasteiger partial charge in [-0.3, -0.25) is 0 Å². The predicted molar refractivity (Wildman–Crippen MR) is 59.3 cm³/mol. The van der Waals surface area contributed by atoms with Crippen molar-refractivity contribution in [1.29, 1.82) is 0 Å². The van der Waals surface area contributed by atoms with Crippen molar-refractivity contribution < 1.29 is 13.2 Å². The number of alkyl halides is 3. The molecule has 0 amide bonds. The summed E-state index contributed by atoms with van der Waals surface area (Å²) >= 11 is 0. The topological polar surface area (TPSA) is 0 Å². The van der Waals surface area contributed by atoms with E-state index in [1.807, 2.05) is 0 Å². The van der Waals surface area contributed by atoms with Crippen molar-refractivity contribution in [2.75, 3.05) is 0 Å². The Hall–Kier alpha value is -0.990. The Kier molecular flexibility index (Phi) is 4.00. The smallest absolute Gasteiger partial charge is 0.166 e. The second kappa shape index (κ2) is 4.89. The zero-order valence-corrected chi connectivity index (χ0v) is 9.81. The van der Waals surface area contributed by atoms with E-state index in [4.69, 9.17) is 0 Å². The zero-order valence-electron chi connectivity index (χ0n) is 9.81. The number of benzene rings is 1. The van der Waals surface area contributed by atoms with Crippen LogP contribution in [0, 0.1) is 5.92 Å². The lowest BCUT2D eigenvalue weighted by atomic mass is 9.87. The lowest BCUT2D eigenvalue weighted by Crippen LogP contribution is -2.07. The van der Waals surface area contributed by atoms with Gasteiger partial charge in [-0.1, -0.05) is 39.3 Å². The molecule has 0 aliphatic rings. The zero-order chi connectivity index (χ0) is 12.3. The fraction of sp³-hybridized carbons (Fsp3) is 0.538. The number of hydrogen-bond acceptors (Lipinski definition) is 0. The molecule has 0 spiro atoms. The first-order chi connectivity index (χ1) is 7.36.